The predicted octanol–water partition coefficient (Wildman–Crippen LogP) is 2.01. The molecule has 0 aliphatic carbocycles. The summed E-state index contributed by atoms with van der Waals surface area (Å²) >= 11 is 0. The van der Waals surface area contributed by atoms with Crippen LogP contribution in [0.3, 0.4) is 0 Å². The van der Waals surface area contributed by atoms with E-state index >= 15 is 0 Å². The van der Waals surface area contributed by atoms with Crippen molar-refractivity contribution in [2.45, 2.75) is 25.9 Å². The summed E-state index contributed by atoms with van der Waals surface area (Å²) in [5, 5.41) is 0. The van der Waals surface area contributed by atoms with Crippen LogP contribution in [0.25, 0.3) is 0 Å². The Morgan fingerprint density at radius 3 is 2.53 bits per heavy atom. The summed E-state index contributed by atoms with van der Waals surface area (Å²) in [6, 6.07) is 7.63. The number of nitrogens with zero attached hydrogens (tertiary/aromatic N) is 1. The SMILES string of the molecule is Cc1ccc(OCC(=O)OC2CCN(C)CC2)cc1. The first-order valence-electron chi connectivity index (χ1n) is 6.71. The average Bonchev–Trinajstić information content (AvgIpc) is 2.41. The zero-order chi connectivity index (χ0) is 13.7. The van der Waals surface area contributed by atoms with E-state index < -0.39 is 0 Å². The van der Waals surface area contributed by atoms with Gasteiger partial charge in [0.2, 0.25) is 0 Å². The maximum absolute atomic E-state index is 11.7. The van der Waals surface area contributed by atoms with Gasteiger partial charge in [-0.1, -0.05) is 17.7 Å². The molecule has 1 aliphatic heterocycles. The van der Waals surface area contributed by atoms with Gasteiger partial charge in [-0.15, -0.1) is 0 Å². The van der Waals surface area contributed by atoms with Gasteiger partial charge >= 0.3 is 5.97 Å². The number of piperidine rings is 1. The molecule has 4 nitrogen and oxygen atoms in total. The molecule has 0 aromatic heterocycles. The molecule has 1 saturated heterocycles. The smallest absolute Gasteiger partial charge is 0.344 e. The first-order chi connectivity index (χ1) is 9.13. The third-order valence-electron chi connectivity index (χ3n) is 3.34. The largest absolute Gasteiger partial charge is 0.482 e. The fourth-order valence-electron chi connectivity index (χ4n) is 2.10. The van der Waals surface area contributed by atoms with E-state index in [0.717, 1.165) is 25.9 Å². The fourth-order valence-corrected chi connectivity index (χ4v) is 2.10. The third-order valence-corrected chi connectivity index (χ3v) is 3.34. The number of esters is 1. The van der Waals surface area contributed by atoms with Gasteiger partial charge in [-0.2, -0.15) is 0 Å². The summed E-state index contributed by atoms with van der Waals surface area (Å²) in [7, 11) is 2.08. The van der Waals surface area contributed by atoms with Crippen molar-refractivity contribution in [2.75, 3.05) is 26.7 Å². The van der Waals surface area contributed by atoms with Crippen LogP contribution in [0.2, 0.25) is 0 Å². The molecule has 0 radical (unpaired) electrons. The van der Waals surface area contributed by atoms with E-state index in [4.69, 9.17) is 9.47 Å². The van der Waals surface area contributed by atoms with E-state index in [9.17, 15) is 4.79 Å². The third kappa shape index (κ3) is 4.56. The highest BCUT2D eigenvalue weighted by molar-refractivity contribution is 5.71. The Balaban J connectivity index is 1.71. The van der Waals surface area contributed by atoms with Gasteiger partial charge in [0.25, 0.3) is 0 Å². The normalized spacial score (nSPS) is 17.2. The number of hydrogen-bond acceptors (Lipinski definition) is 4. The minimum atomic E-state index is -0.282. The van der Waals surface area contributed by atoms with Crippen LogP contribution in [-0.4, -0.2) is 43.7 Å². The standard InChI is InChI=1S/C15H21NO3/c1-12-3-5-13(6-4-12)18-11-15(17)19-14-7-9-16(2)10-8-14/h3-6,14H,7-11H2,1-2H3. The van der Waals surface area contributed by atoms with Crippen LogP contribution in [0.1, 0.15) is 18.4 Å². The molecular weight excluding hydrogens is 242 g/mol. The van der Waals surface area contributed by atoms with Crippen LogP contribution >= 0.6 is 0 Å². The summed E-state index contributed by atoms with van der Waals surface area (Å²) in [6.07, 6.45) is 1.87. The molecule has 0 N–H and O–H groups in total. The molecule has 2 rings (SSSR count). The van der Waals surface area contributed by atoms with Crippen molar-refractivity contribution in [3.05, 3.63) is 29.8 Å². The second kappa shape index (κ2) is 6.57. The van der Waals surface area contributed by atoms with E-state index in [1.165, 1.54) is 5.56 Å². The molecule has 1 heterocycles. The Kier molecular flexibility index (Phi) is 4.80. The lowest BCUT2D eigenvalue weighted by Crippen LogP contribution is -2.36. The highest BCUT2D eigenvalue weighted by atomic mass is 16.6. The molecular formula is C15H21NO3. The number of benzene rings is 1. The van der Waals surface area contributed by atoms with Gasteiger partial charge in [-0.3, -0.25) is 0 Å². The predicted molar refractivity (Wildman–Crippen MR) is 73.3 cm³/mol. The van der Waals surface area contributed by atoms with Crippen LogP contribution in [-0.2, 0) is 9.53 Å². The van der Waals surface area contributed by atoms with Crippen molar-refractivity contribution >= 4 is 5.97 Å². The second-order valence-corrected chi connectivity index (χ2v) is 5.09. The topological polar surface area (TPSA) is 38.8 Å². The summed E-state index contributed by atoms with van der Waals surface area (Å²) < 4.78 is 10.8. The minimum Gasteiger partial charge on any atom is -0.482 e. The number of carbonyl (C=O) groups excluding carboxylic acids is 1. The number of rotatable bonds is 4. The molecule has 0 spiro atoms. The van der Waals surface area contributed by atoms with E-state index in [-0.39, 0.29) is 18.7 Å². The van der Waals surface area contributed by atoms with Crippen LogP contribution in [0, 0.1) is 6.92 Å². The van der Waals surface area contributed by atoms with Gasteiger partial charge in [0, 0.05) is 13.1 Å². The van der Waals surface area contributed by atoms with Gasteiger partial charge in [-0.25, -0.2) is 4.79 Å². The molecule has 0 atom stereocenters. The quantitative estimate of drug-likeness (QED) is 0.779. The van der Waals surface area contributed by atoms with Crippen LogP contribution in [0.15, 0.2) is 24.3 Å². The summed E-state index contributed by atoms with van der Waals surface area (Å²) in [5.41, 5.74) is 1.17. The fraction of sp³-hybridized carbons (Fsp3) is 0.533. The monoisotopic (exact) mass is 263 g/mol. The molecule has 1 aromatic rings. The summed E-state index contributed by atoms with van der Waals surface area (Å²) in [5.74, 6) is 0.418. The molecule has 0 saturated carbocycles. The highest BCUT2D eigenvalue weighted by Gasteiger charge is 2.20. The zero-order valence-corrected chi connectivity index (χ0v) is 11.6. The second-order valence-electron chi connectivity index (χ2n) is 5.09. The maximum Gasteiger partial charge on any atom is 0.344 e. The van der Waals surface area contributed by atoms with E-state index in [1.807, 2.05) is 31.2 Å². The van der Waals surface area contributed by atoms with Gasteiger partial charge in [0.05, 0.1) is 0 Å². The Hall–Kier alpha value is -1.55. The van der Waals surface area contributed by atoms with Crippen LogP contribution in [0.4, 0.5) is 0 Å². The average molecular weight is 263 g/mol. The molecule has 4 heteroatoms. The Morgan fingerprint density at radius 1 is 1.26 bits per heavy atom. The number of likely N-dealkylation sites (tertiary alicyclic amines) is 1. The summed E-state index contributed by atoms with van der Waals surface area (Å²) in [4.78, 5) is 13.9. The summed E-state index contributed by atoms with van der Waals surface area (Å²) in [6.45, 7) is 3.96. The Morgan fingerprint density at radius 2 is 1.89 bits per heavy atom. The van der Waals surface area contributed by atoms with E-state index in [0.29, 0.717) is 5.75 Å². The lowest BCUT2D eigenvalue weighted by molar-refractivity contribution is -0.153. The molecule has 1 aromatic carbocycles. The van der Waals surface area contributed by atoms with Gasteiger partial charge in [0.15, 0.2) is 6.61 Å². The first-order valence-corrected chi connectivity index (χ1v) is 6.71. The zero-order valence-electron chi connectivity index (χ0n) is 11.6. The highest BCUT2D eigenvalue weighted by Crippen LogP contribution is 2.14. The van der Waals surface area contributed by atoms with Crippen LogP contribution < -0.4 is 4.74 Å². The molecule has 1 fully saturated rings. The van der Waals surface area contributed by atoms with Gasteiger partial charge in [0.1, 0.15) is 11.9 Å². The Bertz CT molecular complexity index is 408. The van der Waals surface area contributed by atoms with Crippen molar-refractivity contribution in [2.24, 2.45) is 0 Å². The van der Waals surface area contributed by atoms with E-state index in [2.05, 4.69) is 11.9 Å². The van der Waals surface area contributed by atoms with Crippen LogP contribution in [0.5, 0.6) is 5.75 Å². The molecule has 104 valence electrons. The molecule has 0 bridgehead atoms. The van der Waals surface area contributed by atoms with Crippen molar-refractivity contribution in [1.82, 2.24) is 4.90 Å². The van der Waals surface area contributed by atoms with Gasteiger partial charge in [-0.05, 0) is 38.9 Å². The number of aryl methyl sites for hydroxylation is 1. The van der Waals surface area contributed by atoms with Crippen molar-refractivity contribution in [3.8, 4) is 5.75 Å². The Labute approximate surface area is 114 Å². The molecule has 0 unspecified atom stereocenters. The minimum absolute atomic E-state index is 0.0185. The van der Waals surface area contributed by atoms with Crippen molar-refractivity contribution in [3.63, 3.8) is 0 Å². The molecule has 0 amide bonds. The lowest BCUT2D eigenvalue weighted by Gasteiger charge is -2.28. The number of carbonyl (C=O) groups is 1. The number of hydrogen-bond donors (Lipinski definition) is 0. The van der Waals surface area contributed by atoms with E-state index in [1.54, 1.807) is 0 Å². The molecule has 1 aliphatic rings. The first kappa shape index (κ1) is 13.9. The molecule has 19 heavy (non-hydrogen) atoms. The van der Waals surface area contributed by atoms with Crippen molar-refractivity contribution < 1.29 is 14.3 Å². The maximum atomic E-state index is 11.7. The van der Waals surface area contributed by atoms with Gasteiger partial charge < -0.3 is 14.4 Å². The lowest BCUT2D eigenvalue weighted by atomic mass is 10.1. The van der Waals surface area contributed by atoms with Crippen molar-refractivity contribution in [1.29, 1.82) is 0 Å². The number of ether oxygens (including phenoxy) is 2.